The Morgan fingerprint density at radius 1 is 1.52 bits per heavy atom. The lowest BCUT2D eigenvalue weighted by molar-refractivity contribution is -0.142. The Morgan fingerprint density at radius 3 is 3.00 bits per heavy atom. The summed E-state index contributed by atoms with van der Waals surface area (Å²) in [6.45, 7) is 2.05. The van der Waals surface area contributed by atoms with Crippen molar-refractivity contribution in [3.05, 3.63) is 34.2 Å². The van der Waals surface area contributed by atoms with Gasteiger partial charge in [0, 0.05) is 11.4 Å². The molecule has 0 aliphatic heterocycles. The molecule has 0 unspecified atom stereocenters. The Bertz CT molecular complexity index is 771. The summed E-state index contributed by atoms with van der Waals surface area (Å²) in [5.41, 5.74) is 0.628. The zero-order valence-corrected chi connectivity index (χ0v) is 15.4. The summed E-state index contributed by atoms with van der Waals surface area (Å²) in [4.78, 5) is 11.3. The van der Waals surface area contributed by atoms with Gasteiger partial charge in [0.2, 0.25) is 5.84 Å². The molecule has 8 nitrogen and oxygen atoms in total. The molecule has 11 heteroatoms. The zero-order chi connectivity index (χ0) is 18.2. The van der Waals surface area contributed by atoms with Crippen LogP contribution < -0.4 is 5.32 Å². The molecule has 2 N–H and O–H groups in total. The third-order valence-electron chi connectivity index (χ3n) is 2.82. The Kier molecular flexibility index (Phi) is 7.19. The number of rotatable bonds is 7. The van der Waals surface area contributed by atoms with Crippen molar-refractivity contribution in [2.24, 2.45) is 5.16 Å². The minimum absolute atomic E-state index is 0.0293. The van der Waals surface area contributed by atoms with Crippen molar-refractivity contribution in [2.75, 3.05) is 17.7 Å². The fourth-order valence-electron chi connectivity index (χ4n) is 1.73. The van der Waals surface area contributed by atoms with E-state index in [4.69, 9.17) is 4.74 Å². The molecule has 134 valence electrons. The third-order valence-corrected chi connectivity index (χ3v) is 4.37. The van der Waals surface area contributed by atoms with Gasteiger partial charge in [-0.25, -0.2) is 9.02 Å². The molecule has 0 aliphatic carbocycles. The van der Waals surface area contributed by atoms with E-state index in [0.29, 0.717) is 23.1 Å². The molecule has 0 bridgehead atoms. The van der Waals surface area contributed by atoms with E-state index in [2.05, 4.69) is 41.3 Å². The van der Waals surface area contributed by atoms with Gasteiger partial charge in [-0.1, -0.05) is 16.9 Å². The Labute approximate surface area is 154 Å². The number of ether oxygens (including phenoxy) is 1. The van der Waals surface area contributed by atoms with Crippen LogP contribution in [0.5, 0.6) is 0 Å². The molecule has 1 aromatic heterocycles. The highest BCUT2D eigenvalue weighted by atomic mass is 79.9. The summed E-state index contributed by atoms with van der Waals surface area (Å²) in [5.74, 6) is -0.385. The quantitative estimate of drug-likeness (QED) is 0.171. The fraction of sp³-hybridized carbons (Fsp3) is 0.286. The maximum absolute atomic E-state index is 13.3. The standard InChI is InChI=1S/C14H14BrFN4O4S/c1-2-23-11(21)5-6-25-14-12(19-24-20-14)13(18-22)17-8-3-4-10(16)9(15)7-8/h3-4,7,22H,2,5-6H2,1H3,(H,17,18). The minimum atomic E-state index is -0.425. The van der Waals surface area contributed by atoms with E-state index in [-0.39, 0.29) is 28.4 Å². The number of hydrogen-bond donors (Lipinski definition) is 2. The largest absolute Gasteiger partial charge is 0.466 e. The predicted octanol–water partition coefficient (Wildman–Crippen LogP) is 3.26. The normalized spacial score (nSPS) is 11.4. The van der Waals surface area contributed by atoms with E-state index < -0.39 is 5.82 Å². The van der Waals surface area contributed by atoms with Gasteiger partial charge >= 0.3 is 5.97 Å². The van der Waals surface area contributed by atoms with Gasteiger partial charge in [-0.3, -0.25) is 4.79 Å². The first-order valence-electron chi connectivity index (χ1n) is 7.10. The van der Waals surface area contributed by atoms with Gasteiger partial charge in [-0.05, 0) is 51.4 Å². The second-order valence-electron chi connectivity index (χ2n) is 4.52. The van der Waals surface area contributed by atoms with Crippen LogP contribution in [-0.4, -0.2) is 39.7 Å². The monoisotopic (exact) mass is 432 g/mol. The number of carbonyl (C=O) groups excluding carboxylic acids is 1. The van der Waals surface area contributed by atoms with Gasteiger partial charge < -0.3 is 15.3 Å². The molecule has 0 spiro atoms. The van der Waals surface area contributed by atoms with Crippen LogP contribution in [0.2, 0.25) is 0 Å². The lowest BCUT2D eigenvalue weighted by Gasteiger charge is -2.07. The molecule has 2 aromatic rings. The lowest BCUT2D eigenvalue weighted by atomic mass is 10.3. The van der Waals surface area contributed by atoms with Crippen LogP contribution in [0.1, 0.15) is 19.0 Å². The molecular formula is C14H14BrFN4O4S. The predicted molar refractivity (Wildman–Crippen MR) is 92.3 cm³/mol. The number of hydrogen-bond acceptors (Lipinski definition) is 8. The van der Waals surface area contributed by atoms with E-state index in [0.717, 1.165) is 0 Å². The first kappa shape index (κ1) is 19.2. The molecule has 0 radical (unpaired) electrons. The van der Waals surface area contributed by atoms with E-state index >= 15 is 0 Å². The number of esters is 1. The van der Waals surface area contributed by atoms with E-state index in [1.54, 1.807) is 6.92 Å². The average Bonchev–Trinajstić information content (AvgIpc) is 3.04. The van der Waals surface area contributed by atoms with Crippen molar-refractivity contribution in [1.29, 1.82) is 0 Å². The van der Waals surface area contributed by atoms with Crippen LogP contribution in [-0.2, 0) is 9.53 Å². The Balaban J connectivity index is 2.05. The lowest BCUT2D eigenvalue weighted by Crippen LogP contribution is -2.15. The summed E-state index contributed by atoms with van der Waals surface area (Å²) in [5, 5.41) is 22.9. The van der Waals surface area contributed by atoms with E-state index in [1.807, 2.05) is 0 Å². The van der Waals surface area contributed by atoms with Crippen molar-refractivity contribution in [3.8, 4) is 0 Å². The van der Waals surface area contributed by atoms with E-state index in [1.165, 1.54) is 30.0 Å². The van der Waals surface area contributed by atoms with Crippen LogP contribution in [0.25, 0.3) is 0 Å². The number of nitrogens with one attached hydrogen (secondary N) is 1. The number of halogens is 2. The summed E-state index contributed by atoms with van der Waals surface area (Å²) in [6.07, 6.45) is 0.189. The molecule has 0 saturated heterocycles. The SMILES string of the molecule is CCOC(=O)CCSc1nonc1/C(=N/O)Nc1ccc(F)c(Br)c1. The molecule has 1 heterocycles. The van der Waals surface area contributed by atoms with Crippen LogP contribution in [0, 0.1) is 5.82 Å². The number of aromatic nitrogens is 2. The van der Waals surface area contributed by atoms with Gasteiger partial charge in [0.05, 0.1) is 17.5 Å². The van der Waals surface area contributed by atoms with Gasteiger partial charge in [-0.2, -0.15) is 0 Å². The van der Waals surface area contributed by atoms with Crippen molar-refractivity contribution in [2.45, 2.75) is 18.4 Å². The second kappa shape index (κ2) is 9.37. The zero-order valence-electron chi connectivity index (χ0n) is 13.0. The Morgan fingerprint density at radius 2 is 2.32 bits per heavy atom. The second-order valence-corrected chi connectivity index (χ2v) is 6.46. The van der Waals surface area contributed by atoms with Gasteiger partial charge in [0.25, 0.3) is 0 Å². The van der Waals surface area contributed by atoms with Crippen LogP contribution in [0.3, 0.4) is 0 Å². The van der Waals surface area contributed by atoms with Gasteiger partial charge in [-0.15, -0.1) is 0 Å². The molecule has 0 aliphatic rings. The van der Waals surface area contributed by atoms with Gasteiger partial charge in [0.1, 0.15) is 5.82 Å². The molecule has 2 rings (SSSR count). The van der Waals surface area contributed by atoms with Crippen LogP contribution >= 0.6 is 27.7 Å². The first-order chi connectivity index (χ1) is 12.0. The maximum atomic E-state index is 13.3. The van der Waals surface area contributed by atoms with Crippen LogP contribution in [0.15, 0.2) is 37.5 Å². The molecule has 0 saturated carbocycles. The molecule has 1 aromatic carbocycles. The molecule has 0 fully saturated rings. The summed E-state index contributed by atoms with van der Waals surface area (Å²) >= 11 is 4.27. The maximum Gasteiger partial charge on any atom is 0.306 e. The van der Waals surface area contributed by atoms with Gasteiger partial charge in [0.15, 0.2) is 10.7 Å². The highest BCUT2D eigenvalue weighted by Crippen LogP contribution is 2.23. The summed E-state index contributed by atoms with van der Waals surface area (Å²) in [6, 6.07) is 4.19. The van der Waals surface area contributed by atoms with E-state index in [9.17, 15) is 14.4 Å². The fourth-order valence-corrected chi connectivity index (χ4v) is 2.92. The number of amidine groups is 1. The van der Waals surface area contributed by atoms with Crippen molar-refractivity contribution < 1.29 is 23.8 Å². The summed E-state index contributed by atoms with van der Waals surface area (Å²) in [7, 11) is 0. The number of oxime groups is 1. The van der Waals surface area contributed by atoms with Crippen LogP contribution in [0.4, 0.5) is 10.1 Å². The number of thioether (sulfide) groups is 1. The smallest absolute Gasteiger partial charge is 0.306 e. The Hall–Kier alpha value is -2.14. The minimum Gasteiger partial charge on any atom is -0.466 e. The highest BCUT2D eigenvalue weighted by Gasteiger charge is 2.19. The van der Waals surface area contributed by atoms with Crippen molar-refractivity contribution in [1.82, 2.24) is 10.3 Å². The number of carbonyl (C=O) groups is 1. The molecule has 0 amide bonds. The first-order valence-corrected chi connectivity index (χ1v) is 8.88. The van der Waals surface area contributed by atoms with Crippen molar-refractivity contribution >= 4 is 45.2 Å². The number of nitrogens with zero attached hydrogens (tertiary/aromatic N) is 3. The van der Waals surface area contributed by atoms with Crippen molar-refractivity contribution in [3.63, 3.8) is 0 Å². The summed E-state index contributed by atoms with van der Waals surface area (Å²) < 4.78 is 23.0. The molecule has 0 atom stereocenters. The highest BCUT2D eigenvalue weighted by molar-refractivity contribution is 9.10. The third kappa shape index (κ3) is 5.43. The average molecular weight is 433 g/mol. The molecular weight excluding hydrogens is 419 g/mol. The topological polar surface area (TPSA) is 110 Å². The molecule has 25 heavy (non-hydrogen) atoms. The number of anilines is 1. The number of benzene rings is 1.